The van der Waals surface area contributed by atoms with Crippen molar-refractivity contribution in [3.8, 4) is 12.1 Å². The predicted octanol–water partition coefficient (Wildman–Crippen LogP) is 3.69. The number of hydrogen-bond donors (Lipinski definition) is 1. The lowest BCUT2D eigenvalue weighted by molar-refractivity contribution is -0.142. The van der Waals surface area contributed by atoms with E-state index in [1.807, 2.05) is 32.1 Å². The molecule has 2 rings (SSSR count). The Balaban J connectivity index is 2.08. The zero-order valence-electron chi connectivity index (χ0n) is 17.8. The number of carbonyl (C=O) groups is 2. The molecule has 0 fully saturated rings. The van der Waals surface area contributed by atoms with Crippen LogP contribution in [0.5, 0.6) is 0 Å². The summed E-state index contributed by atoms with van der Waals surface area (Å²) in [5.41, 5.74) is 3.36. The van der Waals surface area contributed by atoms with Crippen LogP contribution in [0.15, 0.2) is 16.1 Å². The number of nitriles is 2. The van der Waals surface area contributed by atoms with Gasteiger partial charge in [0.05, 0.1) is 0 Å². The minimum absolute atomic E-state index is 0.00737. The molecule has 0 bridgehead atoms. The fraction of sp³-hybridized carbons (Fsp3) is 0.364. The Kier molecular flexibility index (Phi) is 7.22. The van der Waals surface area contributed by atoms with Crippen LogP contribution in [0.3, 0.4) is 0 Å². The lowest BCUT2D eigenvalue weighted by Gasteiger charge is -2.07. The summed E-state index contributed by atoms with van der Waals surface area (Å²) < 4.78 is 12.4. The summed E-state index contributed by atoms with van der Waals surface area (Å²) in [6, 6.07) is 5.68. The second-order valence-electron chi connectivity index (χ2n) is 6.87. The van der Waals surface area contributed by atoms with Crippen LogP contribution in [0.2, 0.25) is 0 Å². The molecule has 0 radical (unpaired) electrons. The SMILES string of the molecule is CCCn1c(C)cc(/C=C(\C#N)C(=O)OCC(=O)Nc2oc(C)c(C)c2C#N)c1C. The van der Waals surface area contributed by atoms with Gasteiger partial charge in [0.15, 0.2) is 6.61 Å². The molecule has 0 aliphatic carbocycles. The summed E-state index contributed by atoms with van der Waals surface area (Å²) in [4.78, 5) is 24.4. The molecule has 0 saturated carbocycles. The van der Waals surface area contributed by atoms with E-state index in [0.717, 1.165) is 29.9 Å². The number of amides is 1. The monoisotopic (exact) mass is 408 g/mol. The van der Waals surface area contributed by atoms with Gasteiger partial charge in [-0.2, -0.15) is 10.5 Å². The molecule has 8 heteroatoms. The molecule has 156 valence electrons. The largest absolute Gasteiger partial charge is 0.451 e. The third kappa shape index (κ3) is 4.79. The highest BCUT2D eigenvalue weighted by atomic mass is 16.5. The normalized spacial score (nSPS) is 11.0. The van der Waals surface area contributed by atoms with E-state index in [1.165, 1.54) is 6.08 Å². The van der Waals surface area contributed by atoms with Crippen molar-refractivity contribution >= 4 is 23.8 Å². The number of nitrogens with zero attached hydrogens (tertiary/aromatic N) is 3. The maximum atomic E-state index is 12.3. The van der Waals surface area contributed by atoms with Crippen molar-refractivity contribution in [2.24, 2.45) is 0 Å². The van der Waals surface area contributed by atoms with Crippen molar-refractivity contribution < 1.29 is 18.7 Å². The predicted molar refractivity (Wildman–Crippen MR) is 110 cm³/mol. The Morgan fingerprint density at radius 1 is 1.27 bits per heavy atom. The van der Waals surface area contributed by atoms with Crippen molar-refractivity contribution in [1.82, 2.24) is 4.57 Å². The minimum atomic E-state index is -0.903. The molecular formula is C22H24N4O4. The van der Waals surface area contributed by atoms with Crippen LogP contribution in [0.4, 0.5) is 5.88 Å². The molecule has 2 aromatic heterocycles. The molecule has 0 saturated heterocycles. The molecule has 2 aromatic rings. The topological polar surface area (TPSA) is 121 Å². The molecule has 0 spiro atoms. The van der Waals surface area contributed by atoms with Gasteiger partial charge < -0.3 is 13.7 Å². The average Bonchev–Trinajstić information content (AvgIpc) is 3.13. The van der Waals surface area contributed by atoms with Gasteiger partial charge in [-0.1, -0.05) is 6.92 Å². The molecule has 0 aliphatic heterocycles. The van der Waals surface area contributed by atoms with E-state index in [1.54, 1.807) is 13.8 Å². The summed E-state index contributed by atoms with van der Waals surface area (Å²) in [6.45, 7) is 9.56. The maximum Gasteiger partial charge on any atom is 0.349 e. The van der Waals surface area contributed by atoms with Crippen LogP contribution in [0, 0.1) is 50.4 Å². The zero-order chi connectivity index (χ0) is 22.4. The quantitative estimate of drug-likeness (QED) is 0.424. The molecule has 0 aliphatic rings. The number of carbonyl (C=O) groups excluding carboxylic acids is 2. The summed E-state index contributed by atoms with van der Waals surface area (Å²) in [6.07, 6.45) is 2.42. The van der Waals surface area contributed by atoms with E-state index >= 15 is 0 Å². The second-order valence-corrected chi connectivity index (χ2v) is 6.87. The Hall–Kier alpha value is -3.78. The first-order valence-electron chi connectivity index (χ1n) is 9.49. The van der Waals surface area contributed by atoms with Gasteiger partial charge in [-0.15, -0.1) is 0 Å². The van der Waals surface area contributed by atoms with E-state index in [2.05, 4.69) is 16.8 Å². The highest BCUT2D eigenvalue weighted by molar-refractivity contribution is 6.00. The molecule has 0 aromatic carbocycles. The molecule has 1 N–H and O–H groups in total. The highest BCUT2D eigenvalue weighted by Crippen LogP contribution is 2.25. The van der Waals surface area contributed by atoms with Crippen LogP contribution < -0.4 is 5.32 Å². The van der Waals surface area contributed by atoms with Gasteiger partial charge in [-0.05, 0) is 51.8 Å². The Morgan fingerprint density at radius 3 is 2.57 bits per heavy atom. The third-order valence-electron chi connectivity index (χ3n) is 4.78. The van der Waals surface area contributed by atoms with E-state index in [4.69, 9.17) is 9.15 Å². The molecular weight excluding hydrogens is 384 g/mol. The first-order chi connectivity index (χ1) is 14.2. The number of aromatic nitrogens is 1. The molecule has 30 heavy (non-hydrogen) atoms. The van der Waals surface area contributed by atoms with Crippen molar-refractivity contribution in [2.75, 3.05) is 11.9 Å². The zero-order valence-corrected chi connectivity index (χ0v) is 17.8. The van der Waals surface area contributed by atoms with Crippen molar-refractivity contribution in [1.29, 1.82) is 10.5 Å². The van der Waals surface area contributed by atoms with Crippen LogP contribution in [-0.4, -0.2) is 23.1 Å². The van der Waals surface area contributed by atoms with Gasteiger partial charge in [0.1, 0.15) is 29.0 Å². The van der Waals surface area contributed by atoms with Crippen LogP contribution in [0.25, 0.3) is 6.08 Å². The molecule has 8 nitrogen and oxygen atoms in total. The van der Waals surface area contributed by atoms with Gasteiger partial charge >= 0.3 is 5.97 Å². The minimum Gasteiger partial charge on any atom is -0.451 e. The number of anilines is 1. The standard InChI is InChI=1S/C22H24N4O4/c1-6-7-26-13(2)8-17(15(26)4)9-18(10-23)22(28)29-12-20(27)25-21-19(11-24)14(3)16(5)30-21/h8-9H,6-7,12H2,1-5H3,(H,25,27)/b18-9+. The lowest BCUT2D eigenvalue weighted by Crippen LogP contribution is -2.21. The van der Waals surface area contributed by atoms with Gasteiger partial charge in [0.25, 0.3) is 5.91 Å². The number of furan rings is 1. The number of hydrogen-bond acceptors (Lipinski definition) is 6. The van der Waals surface area contributed by atoms with Crippen molar-refractivity contribution in [3.63, 3.8) is 0 Å². The second kappa shape index (κ2) is 9.62. The van der Waals surface area contributed by atoms with E-state index < -0.39 is 18.5 Å². The Labute approximate surface area is 175 Å². The van der Waals surface area contributed by atoms with E-state index in [-0.39, 0.29) is 17.0 Å². The van der Waals surface area contributed by atoms with Crippen LogP contribution >= 0.6 is 0 Å². The number of nitrogens with one attached hydrogen (secondary N) is 1. The van der Waals surface area contributed by atoms with Crippen LogP contribution in [-0.2, 0) is 20.9 Å². The van der Waals surface area contributed by atoms with Crippen molar-refractivity contribution in [2.45, 2.75) is 47.6 Å². The van der Waals surface area contributed by atoms with Crippen molar-refractivity contribution in [3.05, 3.63) is 45.5 Å². The molecule has 0 unspecified atom stereocenters. The highest BCUT2D eigenvalue weighted by Gasteiger charge is 2.19. The van der Waals surface area contributed by atoms with Gasteiger partial charge in [0.2, 0.25) is 5.88 Å². The Morgan fingerprint density at radius 2 is 1.97 bits per heavy atom. The summed E-state index contributed by atoms with van der Waals surface area (Å²) in [5, 5.41) is 20.9. The number of ether oxygens (including phenoxy) is 1. The third-order valence-corrected chi connectivity index (χ3v) is 4.78. The summed E-state index contributed by atoms with van der Waals surface area (Å²) in [7, 11) is 0. The first-order valence-corrected chi connectivity index (χ1v) is 9.49. The maximum absolute atomic E-state index is 12.3. The fourth-order valence-electron chi connectivity index (χ4n) is 3.06. The smallest absolute Gasteiger partial charge is 0.349 e. The molecule has 2 heterocycles. The van der Waals surface area contributed by atoms with E-state index in [0.29, 0.717) is 11.3 Å². The number of aryl methyl sites for hydroxylation is 2. The summed E-state index contributed by atoms with van der Waals surface area (Å²) >= 11 is 0. The molecule has 1 amide bonds. The van der Waals surface area contributed by atoms with Gasteiger partial charge in [-0.25, -0.2) is 4.79 Å². The Bertz CT molecular complexity index is 1090. The van der Waals surface area contributed by atoms with Gasteiger partial charge in [0, 0.05) is 23.5 Å². The average molecular weight is 408 g/mol. The number of esters is 1. The van der Waals surface area contributed by atoms with Crippen LogP contribution in [0.1, 0.15) is 47.2 Å². The molecule has 0 atom stereocenters. The lowest BCUT2D eigenvalue weighted by atomic mass is 10.1. The first kappa shape index (κ1) is 22.5. The van der Waals surface area contributed by atoms with E-state index in [9.17, 15) is 20.1 Å². The number of rotatable bonds is 7. The van der Waals surface area contributed by atoms with Gasteiger partial charge in [-0.3, -0.25) is 10.1 Å². The fourth-order valence-corrected chi connectivity index (χ4v) is 3.06. The summed E-state index contributed by atoms with van der Waals surface area (Å²) in [5.74, 6) is -1.06.